The largest absolute Gasteiger partial charge is 0.497 e. The van der Waals surface area contributed by atoms with Gasteiger partial charge < -0.3 is 15.4 Å². The van der Waals surface area contributed by atoms with Crippen LogP contribution in [0.3, 0.4) is 0 Å². The number of carbonyl (C=O) groups excluding carboxylic acids is 1. The average molecular weight is 312 g/mol. The lowest BCUT2D eigenvalue weighted by molar-refractivity contribution is 0.233. The third kappa shape index (κ3) is 2.70. The Morgan fingerprint density at radius 3 is 3.04 bits per heavy atom. The van der Waals surface area contributed by atoms with Gasteiger partial charge in [0, 0.05) is 29.9 Å². The van der Waals surface area contributed by atoms with E-state index in [1.807, 2.05) is 24.3 Å². The van der Waals surface area contributed by atoms with Gasteiger partial charge in [-0.25, -0.2) is 4.79 Å². The Morgan fingerprint density at radius 1 is 1.39 bits per heavy atom. The Kier molecular flexibility index (Phi) is 3.53. The number of carbonyl (C=O) groups is 1. The van der Waals surface area contributed by atoms with Gasteiger partial charge in [0.15, 0.2) is 0 Å². The second kappa shape index (κ2) is 5.70. The van der Waals surface area contributed by atoms with Crippen LogP contribution in [0.2, 0.25) is 0 Å². The van der Waals surface area contributed by atoms with Crippen molar-refractivity contribution in [1.82, 2.24) is 20.4 Å². The van der Waals surface area contributed by atoms with E-state index in [1.54, 1.807) is 19.5 Å². The summed E-state index contributed by atoms with van der Waals surface area (Å²) in [6.07, 6.45) is 6.83. The van der Waals surface area contributed by atoms with E-state index in [1.165, 1.54) is 11.1 Å². The summed E-state index contributed by atoms with van der Waals surface area (Å²) in [5.41, 5.74) is 1.87. The second-order valence-corrected chi connectivity index (χ2v) is 6.24. The van der Waals surface area contributed by atoms with Gasteiger partial charge in [-0.2, -0.15) is 9.78 Å². The first-order valence-electron chi connectivity index (χ1n) is 7.99. The summed E-state index contributed by atoms with van der Waals surface area (Å²) in [5.74, 6) is 0.785. The number of hydrogen-bond donors (Lipinski definition) is 2. The molecule has 3 unspecified atom stereocenters. The number of methoxy groups -OCH3 is 1. The van der Waals surface area contributed by atoms with Crippen LogP contribution in [0, 0.1) is 0 Å². The fourth-order valence-corrected chi connectivity index (χ4v) is 3.59. The average Bonchev–Trinajstić information content (AvgIpc) is 3.31. The lowest BCUT2D eigenvalue weighted by Gasteiger charge is -2.21. The highest BCUT2D eigenvalue weighted by Gasteiger charge is 2.39. The van der Waals surface area contributed by atoms with Crippen LogP contribution in [-0.4, -0.2) is 41.0 Å². The van der Waals surface area contributed by atoms with Crippen LogP contribution in [0.25, 0.3) is 11.1 Å². The topological polar surface area (TPSA) is 68.2 Å². The van der Waals surface area contributed by atoms with Crippen LogP contribution >= 0.6 is 0 Å². The zero-order valence-corrected chi connectivity index (χ0v) is 13.0. The molecule has 0 spiro atoms. The standard InChI is InChI=1S/C17H20N4O2/c1-23-14-4-2-3-11(7-14)12-9-18-21(10-12)17(22)20-16-8-13-5-6-15(16)19-13/h2-4,7,9-10,13,15-16,19H,5-6,8H2,1H3,(H,20,22). The Balaban J connectivity index is 1.47. The van der Waals surface area contributed by atoms with E-state index in [0.717, 1.165) is 29.7 Å². The molecule has 2 bridgehead atoms. The van der Waals surface area contributed by atoms with Crippen molar-refractivity contribution in [3.05, 3.63) is 36.7 Å². The Bertz CT molecular complexity index is 727. The molecule has 1 aromatic carbocycles. The molecule has 0 radical (unpaired) electrons. The first-order chi connectivity index (χ1) is 11.2. The van der Waals surface area contributed by atoms with Gasteiger partial charge in [-0.3, -0.25) is 0 Å². The normalized spacial score (nSPS) is 25.5. The molecule has 2 aliphatic heterocycles. The van der Waals surface area contributed by atoms with E-state index in [-0.39, 0.29) is 12.1 Å². The van der Waals surface area contributed by atoms with Crippen LogP contribution in [-0.2, 0) is 0 Å². The molecule has 3 heterocycles. The number of fused-ring (bicyclic) bond motifs is 2. The van der Waals surface area contributed by atoms with Gasteiger partial charge in [-0.05, 0) is 37.0 Å². The highest BCUT2D eigenvalue weighted by Crippen LogP contribution is 2.28. The molecule has 1 aromatic heterocycles. The fourth-order valence-electron chi connectivity index (χ4n) is 3.59. The van der Waals surface area contributed by atoms with Gasteiger partial charge in [0.25, 0.3) is 0 Å². The molecule has 0 saturated carbocycles. The van der Waals surface area contributed by atoms with Crippen molar-refractivity contribution < 1.29 is 9.53 Å². The van der Waals surface area contributed by atoms with Crippen molar-refractivity contribution in [2.45, 2.75) is 37.4 Å². The zero-order valence-electron chi connectivity index (χ0n) is 13.0. The number of hydrogen-bond acceptors (Lipinski definition) is 4. The Hall–Kier alpha value is -2.34. The van der Waals surface area contributed by atoms with Gasteiger partial charge in [-0.1, -0.05) is 12.1 Å². The lowest BCUT2D eigenvalue weighted by atomic mass is 9.96. The van der Waals surface area contributed by atoms with Crippen molar-refractivity contribution in [3.8, 4) is 16.9 Å². The Labute approximate surface area is 134 Å². The molecule has 6 nitrogen and oxygen atoms in total. The maximum Gasteiger partial charge on any atom is 0.342 e. The molecule has 4 rings (SSSR count). The maximum atomic E-state index is 12.4. The van der Waals surface area contributed by atoms with E-state index < -0.39 is 0 Å². The van der Waals surface area contributed by atoms with Gasteiger partial charge in [0.05, 0.1) is 13.3 Å². The monoisotopic (exact) mass is 312 g/mol. The highest BCUT2D eigenvalue weighted by molar-refractivity contribution is 5.78. The van der Waals surface area contributed by atoms with E-state index in [9.17, 15) is 4.79 Å². The third-order valence-corrected chi connectivity index (χ3v) is 4.80. The summed E-state index contributed by atoms with van der Waals surface area (Å²) in [5, 5.41) is 10.8. The highest BCUT2D eigenvalue weighted by atomic mass is 16.5. The van der Waals surface area contributed by atoms with Gasteiger partial charge in [0.1, 0.15) is 5.75 Å². The summed E-state index contributed by atoms with van der Waals surface area (Å²) in [4.78, 5) is 12.4. The fraction of sp³-hybridized carbons (Fsp3) is 0.412. The van der Waals surface area contributed by atoms with Crippen molar-refractivity contribution in [3.63, 3.8) is 0 Å². The number of ether oxygens (including phenoxy) is 1. The van der Waals surface area contributed by atoms with E-state index in [4.69, 9.17) is 4.74 Å². The van der Waals surface area contributed by atoms with Crippen molar-refractivity contribution >= 4 is 6.03 Å². The van der Waals surface area contributed by atoms with Crippen molar-refractivity contribution in [2.75, 3.05) is 7.11 Å². The van der Waals surface area contributed by atoms with Crippen molar-refractivity contribution in [1.29, 1.82) is 0 Å². The van der Waals surface area contributed by atoms with Crippen LogP contribution in [0.4, 0.5) is 4.79 Å². The third-order valence-electron chi connectivity index (χ3n) is 4.80. The van der Waals surface area contributed by atoms with Gasteiger partial charge >= 0.3 is 6.03 Å². The maximum absolute atomic E-state index is 12.4. The molecule has 2 fully saturated rings. The predicted octanol–water partition coefficient (Wildman–Crippen LogP) is 2.01. The summed E-state index contributed by atoms with van der Waals surface area (Å²) in [6, 6.07) is 8.74. The summed E-state index contributed by atoms with van der Waals surface area (Å²) < 4.78 is 6.61. The molecular weight excluding hydrogens is 292 g/mol. The van der Waals surface area contributed by atoms with Gasteiger partial charge in [0.2, 0.25) is 0 Å². The number of aromatic nitrogens is 2. The Morgan fingerprint density at radius 2 is 2.30 bits per heavy atom. The zero-order chi connectivity index (χ0) is 15.8. The number of rotatable bonds is 3. The molecular formula is C17H20N4O2. The molecule has 2 aromatic rings. The van der Waals surface area contributed by atoms with Gasteiger partial charge in [-0.15, -0.1) is 0 Å². The number of nitrogens with zero attached hydrogens (tertiary/aromatic N) is 2. The second-order valence-electron chi connectivity index (χ2n) is 6.24. The minimum atomic E-state index is -0.168. The van der Waals surface area contributed by atoms with Crippen LogP contribution < -0.4 is 15.4 Å². The van der Waals surface area contributed by atoms with E-state index in [2.05, 4.69) is 15.7 Å². The first-order valence-corrected chi connectivity index (χ1v) is 7.99. The quantitative estimate of drug-likeness (QED) is 0.910. The summed E-state index contributed by atoms with van der Waals surface area (Å²) in [7, 11) is 1.64. The lowest BCUT2D eigenvalue weighted by Crippen LogP contribution is -2.44. The molecule has 120 valence electrons. The number of nitrogens with one attached hydrogen (secondary N) is 2. The summed E-state index contributed by atoms with van der Waals surface area (Å²) in [6.45, 7) is 0. The van der Waals surface area contributed by atoms with E-state index >= 15 is 0 Å². The molecule has 2 saturated heterocycles. The summed E-state index contributed by atoms with van der Waals surface area (Å²) >= 11 is 0. The minimum Gasteiger partial charge on any atom is -0.497 e. The first kappa shape index (κ1) is 14.3. The van der Waals surface area contributed by atoms with E-state index in [0.29, 0.717) is 12.1 Å². The molecule has 1 amide bonds. The molecule has 23 heavy (non-hydrogen) atoms. The molecule has 3 atom stereocenters. The van der Waals surface area contributed by atoms with Crippen LogP contribution in [0.5, 0.6) is 5.75 Å². The molecule has 2 aliphatic rings. The molecule has 0 aliphatic carbocycles. The minimum absolute atomic E-state index is 0.168. The van der Waals surface area contributed by atoms with Crippen LogP contribution in [0.15, 0.2) is 36.7 Å². The number of benzene rings is 1. The van der Waals surface area contributed by atoms with Crippen molar-refractivity contribution in [2.24, 2.45) is 0 Å². The smallest absolute Gasteiger partial charge is 0.342 e. The number of amides is 1. The molecule has 2 N–H and O–H groups in total. The van der Waals surface area contributed by atoms with Crippen LogP contribution in [0.1, 0.15) is 19.3 Å². The predicted molar refractivity (Wildman–Crippen MR) is 86.5 cm³/mol. The molecule has 6 heteroatoms. The SMILES string of the molecule is COc1cccc(-c2cnn(C(=O)NC3CC4CCC3N4)c2)c1.